The quantitative estimate of drug-likeness (QED) is 0.920. The summed E-state index contributed by atoms with van der Waals surface area (Å²) in [7, 11) is 0. The summed E-state index contributed by atoms with van der Waals surface area (Å²) in [5, 5.41) is 7.03. The van der Waals surface area contributed by atoms with Crippen LogP contribution in [0.5, 0.6) is 5.75 Å². The molecule has 6 heteroatoms. The molecule has 0 saturated carbocycles. The van der Waals surface area contributed by atoms with Crippen LogP contribution in [-0.4, -0.2) is 28.6 Å². The molecule has 0 aliphatic carbocycles. The molecule has 0 bridgehead atoms. The van der Waals surface area contributed by atoms with Crippen LogP contribution >= 0.6 is 11.5 Å². The van der Waals surface area contributed by atoms with E-state index in [0.717, 1.165) is 30.7 Å². The Balaban J connectivity index is 1.57. The molecule has 0 spiro atoms. The zero-order chi connectivity index (χ0) is 15.4. The Labute approximate surface area is 133 Å². The summed E-state index contributed by atoms with van der Waals surface area (Å²) in [5.74, 6) is 1.19. The van der Waals surface area contributed by atoms with Crippen molar-refractivity contribution in [2.75, 3.05) is 13.2 Å². The minimum absolute atomic E-state index is 0.0719. The fraction of sp³-hybridized carbons (Fsp3) is 0.438. The Bertz CT molecular complexity index is 656. The van der Waals surface area contributed by atoms with Crippen LogP contribution in [-0.2, 0) is 12.8 Å². The lowest BCUT2D eigenvalue weighted by Crippen LogP contribution is -2.34. The normalized spacial score (nSPS) is 16.7. The first-order valence-corrected chi connectivity index (χ1v) is 8.35. The van der Waals surface area contributed by atoms with Crippen molar-refractivity contribution in [3.63, 3.8) is 0 Å². The number of amides is 1. The zero-order valence-corrected chi connectivity index (χ0v) is 13.4. The zero-order valence-electron chi connectivity index (χ0n) is 12.5. The third-order valence-electron chi connectivity index (χ3n) is 3.76. The number of rotatable bonds is 5. The summed E-state index contributed by atoms with van der Waals surface area (Å²) < 4.78 is 9.64. The molecule has 3 rings (SSSR count). The van der Waals surface area contributed by atoms with E-state index in [1.807, 2.05) is 18.2 Å². The van der Waals surface area contributed by atoms with Crippen molar-refractivity contribution in [2.45, 2.75) is 26.2 Å². The number of benzene rings is 1. The van der Waals surface area contributed by atoms with Gasteiger partial charge in [-0.1, -0.05) is 36.0 Å². The highest BCUT2D eigenvalue weighted by atomic mass is 32.1. The molecular formula is C16H19N3O2S. The van der Waals surface area contributed by atoms with Crippen LogP contribution in [0.25, 0.3) is 0 Å². The van der Waals surface area contributed by atoms with Crippen LogP contribution in [0.15, 0.2) is 24.3 Å². The first-order chi connectivity index (χ1) is 10.8. The number of carbonyl (C=O) groups is 1. The second kappa shape index (κ2) is 6.87. The largest absolute Gasteiger partial charge is 0.493 e. The highest BCUT2D eigenvalue weighted by molar-refractivity contribution is 7.08. The molecule has 1 aliphatic heterocycles. The van der Waals surface area contributed by atoms with Crippen molar-refractivity contribution < 1.29 is 9.53 Å². The summed E-state index contributed by atoms with van der Waals surface area (Å²) in [6, 6.07) is 8.07. The fourth-order valence-electron chi connectivity index (χ4n) is 2.62. The number of fused-ring (bicyclic) bond motifs is 1. The lowest BCUT2D eigenvalue weighted by Gasteiger charge is -2.25. The molecule has 1 unspecified atom stereocenters. The molecule has 22 heavy (non-hydrogen) atoms. The van der Waals surface area contributed by atoms with Gasteiger partial charge in [0.15, 0.2) is 0 Å². The average Bonchev–Trinajstić information content (AvgIpc) is 3.01. The smallest absolute Gasteiger partial charge is 0.264 e. The van der Waals surface area contributed by atoms with Gasteiger partial charge in [-0.2, -0.15) is 0 Å². The van der Waals surface area contributed by atoms with Gasteiger partial charge < -0.3 is 10.1 Å². The molecule has 2 heterocycles. The summed E-state index contributed by atoms with van der Waals surface area (Å²) in [6.07, 6.45) is 2.68. The Hall–Kier alpha value is -1.95. The van der Waals surface area contributed by atoms with Crippen LogP contribution in [0.3, 0.4) is 0 Å². The fourth-order valence-corrected chi connectivity index (χ4v) is 3.25. The van der Waals surface area contributed by atoms with Crippen molar-refractivity contribution in [1.82, 2.24) is 14.9 Å². The van der Waals surface area contributed by atoms with Gasteiger partial charge in [0.1, 0.15) is 10.6 Å². The predicted molar refractivity (Wildman–Crippen MR) is 85.4 cm³/mol. The average molecular weight is 317 g/mol. The second-order valence-corrected chi connectivity index (χ2v) is 6.25. The molecule has 2 aromatic rings. The number of carbonyl (C=O) groups excluding carboxylic acids is 1. The van der Waals surface area contributed by atoms with E-state index in [-0.39, 0.29) is 5.91 Å². The molecule has 1 amide bonds. The molecule has 5 nitrogen and oxygen atoms in total. The van der Waals surface area contributed by atoms with E-state index in [2.05, 4.69) is 27.9 Å². The van der Waals surface area contributed by atoms with E-state index in [4.69, 9.17) is 4.74 Å². The van der Waals surface area contributed by atoms with Crippen LogP contribution in [0.1, 0.15) is 34.3 Å². The van der Waals surface area contributed by atoms with Gasteiger partial charge >= 0.3 is 0 Å². The number of para-hydroxylation sites is 1. The van der Waals surface area contributed by atoms with E-state index >= 15 is 0 Å². The SMILES string of the molecule is CCCc1nnsc1C(=O)NCC1COc2ccccc2C1. The highest BCUT2D eigenvalue weighted by Crippen LogP contribution is 2.26. The molecule has 1 aromatic carbocycles. The first kappa shape index (κ1) is 15.0. The van der Waals surface area contributed by atoms with Crippen LogP contribution in [0, 0.1) is 5.92 Å². The predicted octanol–water partition coefficient (Wildman–Crippen LogP) is 2.47. The molecule has 1 atom stereocenters. The molecule has 0 radical (unpaired) electrons. The van der Waals surface area contributed by atoms with Gasteiger partial charge in [-0.3, -0.25) is 4.79 Å². The number of nitrogens with zero attached hydrogens (tertiary/aromatic N) is 2. The summed E-state index contributed by atoms with van der Waals surface area (Å²) in [5.41, 5.74) is 2.01. The van der Waals surface area contributed by atoms with Crippen molar-refractivity contribution in [3.8, 4) is 5.75 Å². The van der Waals surface area contributed by atoms with Gasteiger partial charge in [-0.25, -0.2) is 0 Å². The molecule has 1 aromatic heterocycles. The number of hydrogen-bond acceptors (Lipinski definition) is 5. The number of aromatic nitrogens is 2. The van der Waals surface area contributed by atoms with E-state index in [9.17, 15) is 4.79 Å². The van der Waals surface area contributed by atoms with E-state index in [1.165, 1.54) is 17.1 Å². The van der Waals surface area contributed by atoms with Crippen LogP contribution < -0.4 is 10.1 Å². The number of aryl methyl sites for hydroxylation is 1. The maximum Gasteiger partial charge on any atom is 0.264 e. The maximum atomic E-state index is 12.3. The number of ether oxygens (including phenoxy) is 1. The van der Waals surface area contributed by atoms with Crippen molar-refractivity contribution >= 4 is 17.4 Å². The summed E-state index contributed by atoms with van der Waals surface area (Å²) in [4.78, 5) is 12.9. The minimum atomic E-state index is -0.0719. The molecule has 0 fully saturated rings. The number of nitrogens with one attached hydrogen (secondary N) is 1. The monoisotopic (exact) mass is 317 g/mol. The third-order valence-corrected chi connectivity index (χ3v) is 4.52. The maximum absolute atomic E-state index is 12.3. The molecule has 0 saturated heterocycles. The van der Waals surface area contributed by atoms with Crippen LogP contribution in [0.4, 0.5) is 0 Å². The lowest BCUT2D eigenvalue weighted by molar-refractivity contribution is 0.0942. The van der Waals surface area contributed by atoms with Gasteiger partial charge in [-0.15, -0.1) is 5.10 Å². The van der Waals surface area contributed by atoms with Gasteiger partial charge in [0.05, 0.1) is 12.3 Å². The highest BCUT2D eigenvalue weighted by Gasteiger charge is 2.21. The summed E-state index contributed by atoms with van der Waals surface area (Å²) >= 11 is 1.17. The van der Waals surface area contributed by atoms with Gasteiger partial charge in [0.25, 0.3) is 5.91 Å². The van der Waals surface area contributed by atoms with Crippen molar-refractivity contribution in [2.24, 2.45) is 5.92 Å². The van der Waals surface area contributed by atoms with Gasteiger partial charge in [0, 0.05) is 12.5 Å². The topological polar surface area (TPSA) is 64.1 Å². The van der Waals surface area contributed by atoms with Gasteiger partial charge in [-0.05, 0) is 36.0 Å². The number of hydrogen-bond donors (Lipinski definition) is 1. The molecule has 116 valence electrons. The Morgan fingerprint density at radius 3 is 3.18 bits per heavy atom. The lowest BCUT2D eigenvalue weighted by atomic mass is 9.97. The van der Waals surface area contributed by atoms with E-state index in [1.54, 1.807) is 0 Å². The Kier molecular flexibility index (Phi) is 4.68. The van der Waals surface area contributed by atoms with Crippen LogP contribution in [0.2, 0.25) is 0 Å². The Morgan fingerprint density at radius 2 is 2.32 bits per heavy atom. The summed E-state index contributed by atoms with van der Waals surface area (Å²) in [6.45, 7) is 3.31. The Morgan fingerprint density at radius 1 is 1.45 bits per heavy atom. The van der Waals surface area contributed by atoms with Gasteiger partial charge in [0.2, 0.25) is 0 Å². The second-order valence-electron chi connectivity index (χ2n) is 5.50. The van der Waals surface area contributed by atoms with Crippen molar-refractivity contribution in [1.29, 1.82) is 0 Å². The minimum Gasteiger partial charge on any atom is -0.493 e. The van der Waals surface area contributed by atoms with E-state index in [0.29, 0.717) is 23.9 Å². The standard InChI is InChI=1S/C16H19N3O2S/c1-2-5-13-15(22-19-18-13)16(20)17-9-11-8-12-6-3-4-7-14(12)21-10-11/h3-4,6-7,11H,2,5,8-10H2,1H3,(H,17,20). The molecule has 1 aliphatic rings. The van der Waals surface area contributed by atoms with E-state index < -0.39 is 0 Å². The molecule has 1 N–H and O–H groups in total. The molecular weight excluding hydrogens is 298 g/mol. The van der Waals surface area contributed by atoms with Crippen molar-refractivity contribution in [3.05, 3.63) is 40.4 Å². The first-order valence-electron chi connectivity index (χ1n) is 7.58. The third kappa shape index (κ3) is 3.27.